The molecule has 0 saturated carbocycles. The molecule has 1 rings (SSSR count). The van der Waals surface area contributed by atoms with E-state index >= 15 is 0 Å². The number of aryl methyl sites for hydroxylation is 1. The van der Waals surface area contributed by atoms with Crippen molar-refractivity contribution in [1.82, 2.24) is 0 Å². The largest absolute Gasteiger partial charge is 0.325 e. The van der Waals surface area contributed by atoms with Crippen LogP contribution in [-0.2, 0) is 6.42 Å². The zero-order valence-electron chi connectivity index (χ0n) is 8.74. The van der Waals surface area contributed by atoms with E-state index in [1.54, 1.807) is 6.92 Å². The molecule has 0 aliphatic heterocycles. The third-order valence-corrected chi connectivity index (χ3v) is 2.23. The number of benzene rings is 1. The summed E-state index contributed by atoms with van der Waals surface area (Å²) in [5.74, 6) is -3.02. The second kappa shape index (κ2) is 4.52. The molecule has 6 heteroatoms. The summed E-state index contributed by atoms with van der Waals surface area (Å²) in [4.78, 5) is 10.0. The molecule has 1 aromatic rings. The van der Waals surface area contributed by atoms with E-state index in [1.165, 1.54) is 18.2 Å². The summed E-state index contributed by atoms with van der Waals surface area (Å²) in [5.41, 5.74) is 5.41. The summed E-state index contributed by atoms with van der Waals surface area (Å²) >= 11 is 0. The number of nitrogens with zero attached hydrogens (tertiary/aromatic N) is 1. The Morgan fingerprint density at radius 1 is 1.50 bits per heavy atom. The number of nitrogens with two attached hydrogens (primary N) is 1. The van der Waals surface area contributed by atoms with Crippen molar-refractivity contribution in [2.45, 2.75) is 19.3 Å². The van der Waals surface area contributed by atoms with Gasteiger partial charge in [0.15, 0.2) is 0 Å². The van der Waals surface area contributed by atoms with Gasteiger partial charge in [-0.3, -0.25) is 10.1 Å². The van der Waals surface area contributed by atoms with Gasteiger partial charge in [-0.25, -0.2) is 8.78 Å². The zero-order chi connectivity index (χ0) is 12.3. The monoisotopic (exact) mass is 230 g/mol. The summed E-state index contributed by atoms with van der Waals surface area (Å²) in [6, 6.07) is 4.07. The van der Waals surface area contributed by atoms with E-state index in [1.807, 2.05) is 0 Å². The Bertz CT molecular complexity index is 408. The lowest BCUT2D eigenvalue weighted by atomic mass is 10.0. The number of rotatable bonds is 4. The van der Waals surface area contributed by atoms with Gasteiger partial charge in [-0.15, -0.1) is 0 Å². The third kappa shape index (κ3) is 2.96. The molecule has 0 heterocycles. The number of hydrogen-bond acceptors (Lipinski definition) is 3. The topological polar surface area (TPSA) is 69.2 Å². The number of alkyl halides is 2. The highest BCUT2D eigenvalue weighted by molar-refractivity contribution is 5.42. The Morgan fingerprint density at radius 2 is 2.12 bits per heavy atom. The quantitative estimate of drug-likeness (QED) is 0.635. The van der Waals surface area contributed by atoms with E-state index in [0.29, 0.717) is 5.56 Å². The van der Waals surface area contributed by atoms with E-state index in [9.17, 15) is 18.9 Å². The van der Waals surface area contributed by atoms with E-state index in [2.05, 4.69) is 0 Å². The van der Waals surface area contributed by atoms with Gasteiger partial charge in [-0.2, -0.15) is 0 Å². The first-order chi connectivity index (χ1) is 7.35. The van der Waals surface area contributed by atoms with E-state index < -0.39 is 23.8 Å². The maximum Gasteiger partial charge on any atom is 0.272 e. The third-order valence-electron chi connectivity index (χ3n) is 2.23. The summed E-state index contributed by atoms with van der Waals surface area (Å²) < 4.78 is 26.0. The van der Waals surface area contributed by atoms with E-state index in [-0.39, 0.29) is 11.3 Å². The molecular weight excluding hydrogens is 218 g/mol. The SMILES string of the molecule is Cc1ccc(CC(F)(F)CN)cc1[N+](=O)[O-]. The number of hydrogen-bond donors (Lipinski definition) is 1. The fourth-order valence-corrected chi connectivity index (χ4v) is 1.33. The van der Waals surface area contributed by atoms with Gasteiger partial charge in [0.05, 0.1) is 11.5 Å². The van der Waals surface area contributed by atoms with Crippen LogP contribution in [0.4, 0.5) is 14.5 Å². The summed E-state index contributed by atoms with van der Waals surface area (Å²) in [7, 11) is 0. The van der Waals surface area contributed by atoms with Crippen LogP contribution in [0.1, 0.15) is 11.1 Å². The van der Waals surface area contributed by atoms with Crippen molar-refractivity contribution < 1.29 is 13.7 Å². The van der Waals surface area contributed by atoms with Gasteiger partial charge in [0.2, 0.25) is 0 Å². The lowest BCUT2D eigenvalue weighted by Crippen LogP contribution is -2.30. The molecule has 0 aromatic heterocycles. The Morgan fingerprint density at radius 3 is 2.62 bits per heavy atom. The van der Waals surface area contributed by atoms with Crippen molar-refractivity contribution in [3.05, 3.63) is 39.4 Å². The average Bonchev–Trinajstić information content (AvgIpc) is 2.20. The van der Waals surface area contributed by atoms with Crippen LogP contribution < -0.4 is 5.73 Å². The van der Waals surface area contributed by atoms with Gasteiger partial charge in [0.1, 0.15) is 0 Å². The second-order valence-electron chi connectivity index (χ2n) is 3.61. The Labute approximate surface area is 91.2 Å². The molecule has 0 amide bonds. The predicted octanol–water partition coefficient (Wildman–Crippen LogP) is 2.04. The highest BCUT2D eigenvalue weighted by Crippen LogP contribution is 2.24. The first kappa shape index (κ1) is 12.5. The minimum Gasteiger partial charge on any atom is -0.325 e. The molecule has 0 fully saturated rings. The van der Waals surface area contributed by atoms with Gasteiger partial charge < -0.3 is 5.73 Å². The van der Waals surface area contributed by atoms with Gasteiger partial charge >= 0.3 is 0 Å². The molecule has 0 spiro atoms. The van der Waals surface area contributed by atoms with Crippen molar-refractivity contribution >= 4 is 5.69 Å². The van der Waals surface area contributed by atoms with Crippen molar-refractivity contribution in [3.8, 4) is 0 Å². The van der Waals surface area contributed by atoms with Crippen LogP contribution in [0.2, 0.25) is 0 Å². The molecular formula is C10H12F2N2O2. The van der Waals surface area contributed by atoms with Crippen molar-refractivity contribution in [1.29, 1.82) is 0 Å². The van der Waals surface area contributed by atoms with Crippen LogP contribution in [-0.4, -0.2) is 17.4 Å². The minimum absolute atomic E-state index is 0.148. The Hall–Kier alpha value is -1.56. The van der Waals surface area contributed by atoms with Crippen LogP contribution in [0.3, 0.4) is 0 Å². The van der Waals surface area contributed by atoms with E-state index in [4.69, 9.17) is 5.73 Å². The van der Waals surface area contributed by atoms with Gasteiger partial charge in [-0.1, -0.05) is 12.1 Å². The fourth-order valence-electron chi connectivity index (χ4n) is 1.33. The van der Waals surface area contributed by atoms with E-state index in [0.717, 1.165) is 0 Å². The molecule has 16 heavy (non-hydrogen) atoms. The molecule has 0 saturated heterocycles. The molecule has 1 aromatic carbocycles. The highest BCUT2D eigenvalue weighted by atomic mass is 19.3. The lowest BCUT2D eigenvalue weighted by molar-refractivity contribution is -0.385. The standard InChI is InChI=1S/C10H12F2N2O2/c1-7-2-3-8(4-9(7)14(15)16)5-10(11,12)6-13/h2-4H,5-6,13H2,1H3. The summed E-state index contributed by atoms with van der Waals surface area (Å²) in [6.07, 6.45) is -0.579. The first-order valence-electron chi connectivity index (χ1n) is 4.67. The number of halogens is 2. The van der Waals surface area contributed by atoms with Crippen molar-refractivity contribution in [2.24, 2.45) is 5.73 Å². The first-order valence-corrected chi connectivity index (χ1v) is 4.67. The Balaban J connectivity index is 3.00. The maximum absolute atomic E-state index is 13.0. The molecule has 0 aliphatic rings. The molecule has 0 unspecified atom stereocenters. The summed E-state index contributed by atoms with van der Waals surface area (Å²) in [6.45, 7) is 0.789. The van der Waals surface area contributed by atoms with Gasteiger partial charge in [-0.05, 0) is 12.5 Å². The van der Waals surface area contributed by atoms with Crippen LogP contribution in [0.25, 0.3) is 0 Å². The zero-order valence-corrected chi connectivity index (χ0v) is 8.74. The smallest absolute Gasteiger partial charge is 0.272 e. The van der Waals surface area contributed by atoms with Gasteiger partial charge in [0, 0.05) is 18.1 Å². The number of nitro groups is 1. The van der Waals surface area contributed by atoms with Crippen molar-refractivity contribution in [3.63, 3.8) is 0 Å². The molecule has 0 aliphatic carbocycles. The van der Waals surface area contributed by atoms with Crippen LogP contribution >= 0.6 is 0 Å². The molecule has 0 atom stereocenters. The normalized spacial score (nSPS) is 11.5. The van der Waals surface area contributed by atoms with Crippen LogP contribution in [0, 0.1) is 17.0 Å². The fraction of sp³-hybridized carbons (Fsp3) is 0.400. The second-order valence-corrected chi connectivity index (χ2v) is 3.61. The van der Waals surface area contributed by atoms with Gasteiger partial charge in [0.25, 0.3) is 11.6 Å². The number of nitro benzene ring substituents is 1. The Kier molecular flexibility index (Phi) is 3.54. The summed E-state index contributed by atoms with van der Waals surface area (Å²) in [5, 5.41) is 10.6. The molecule has 2 N–H and O–H groups in total. The average molecular weight is 230 g/mol. The minimum atomic E-state index is -3.02. The van der Waals surface area contributed by atoms with Crippen LogP contribution in [0.5, 0.6) is 0 Å². The molecule has 0 radical (unpaired) electrons. The van der Waals surface area contributed by atoms with Crippen LogP contribution in [0.15, 0.2) is 18.2 Å². The maximum atomic E-state index is 13.0. The predicted molar refractivity (Wildman–Crippen MR) is 55.5 cm³/mol. The van der Waals surface area contributed by atoms with Crippen molar-refractivity contribution in [2.75, 3.05) is 6.54 Å². The molecule has 0 bridgehead atoms. The lowest BCUT2D eigenvalue weighted by Gasteiger charge is -2.13. The highest BCUT2D eigenvalue weighted by Gasteiger charge is 2.27. The molecule has 4 nitrogen and oxygen atoms in total. The molecule has 88 valence electrons.